The van der Waals surface area contributed by atoms with Crippen LogP contribution in [0.15, 0.2) is 18.2 Å². The fraction of sp³-hybridized carbons (Fsp3) is 0.357. The van der Waals surface area contributed by atoms with Crippen molar-refractivity contribution >= 4 is 11.8 Å². The van der Waals surface area contributed by atoms with Gasteiger partial charge in [-0.1, -0.05) is 12.1 Å². The molecule has 0 saturated heterocycles. The number of carbonyl (C=O) groups excluding carboxylic acids is 2. The maximum atomic E-state index is 11.8. The molecule has 1 aromatic carbocycles. The van der Waals surface area contributed by atoms with Crippen molar-refractivity contribution in [1.82, 2.24) is 0 Å². The first-order valence-corrected chi connectivity index (χ1v) is 5.74. The van der Waals surface area contributed by atoms with E-state index in [1.807, 2.05) is 6.07 Å². The molecule has 0 saturated carbocycles. The van der Waals surface area contributed by atoms with Crippen molar-refractivity contribution in [1.29, 1.82) is 5.26 Å². The Morgan fingerprint density at radius 1 is 1.39 bits per heavy atom. The number of Topliss-reactive ketones (excluding diaryl/α,β-unsaturated/α-hetero) is 1. The average molecular weight is 245 g/mol. The van der Waals surface area contributed by atoms with Gasteiger partial charge < -0.3 is 4.74 Å². The lowest BCUT2D eigenvalue weighted by Crippen LogP contribution is -2.11. The van der Waals surface area contributed by atoms with Gasteiger partial charge in [-0.25, -0.2) is 4.79 Å². The molecule has 0 N–H and O–H groups in total. The van der Waals surface area contributed by atoms with Gasteiger partial charge in [-0.3, -0.25) is 4.79 Å². The molecule has 1 rings (SSSR count). The number of rotatable bonds is 5. The second-order valence-electron chi connectivity index (χ2n) is 3.88. The molecule has 0 unspecified atom stereocenters. The number of ketones is 1. The summed E-state index contributed by atoms with van der Waals surface area (Å²) in [6, 6.07) is 7.10. The van der Waals surface area contributed by atoms with Crippen LogP contribution >= 0.6 is 0 Å². The van der Waals surface area contributed by atoms with Gasteiger partial charge in [-0.15, -0.1) is 0 Å². The van der Waals surface area contributed by atoms with E-state index in [2.05, 4.69) is 0 Å². The second kappa shape index (κ2) is 6.55. The van der Waals surface area contributed by atoms with Crippen LogP contribution < -0.4 is 0 Å². The van der Waals surface area contributed by atoms with Crippen molar-refractivity contribution in [2.24, 2.45) is 0 Å². The lowest BCUT2D eigenvalue weighted by molar-refractivity contribution is -0.116. The molecule has 0 aromatic heterocycles. The van der Waals surface area contributed by atoms with E-state index in [4.69, 9.17) is 10.00 Å². The monoisotopic (exact) mass is 245 g/mol. The predicted octanol–water partition coefficient (Wildman–Crippen LogP) is 2.06. The van der Waals surface area contributed by atoms with Crippen molar-refractivity contribution in [3.63, 3.8) is 0 Å². The fourth-order valence-electron chi connectivity index (χ4n) is 1.76. The molecule has 0 heterocycles. The minimum atomic E-state index is -0.451. The highest BCUT2D eigenvalue weighted by Crippen LogP contribution is 2.18. The first-order valence-electron chi connectivity index (χ1n) is 5.74. The molecule has 0 amide bonds. The third kappa shape index (κ3) is 3.42. The van der Waals surface area contributed by atoms with E-state index in [9.17, 15) is 9.59 Å². The van der Waals surface area contributed by atoms with Crippen LogP contribution in [0.3, 0.4) is 0 Å². The van der Waals surface area contributed by atoms with Crippen LogP contribution in [0.1, 0.15) is 35.3 Å². The Hall–Kier alpha value is -2.15. The molecule has 0 radical (unpaired) electrons. The summed E-state index contributed by atoms with van der Waals surface area (Å²) < 4.78 is 4.94. The molecule has 0 aliphatic carbocycles. The number of esters is 1. The number of ether oxygens (including phenoxy) is 1. The zero-order chi connectivity index (χ0) is 13.5. The Morgan fingerprint density at radius 3 is 2.67 bits per heavy atom. The average Bonchev–Trinajstić information content (AvgIpc) is 2.31. The predicted molar refractivity (Wildman–Crippen MR) is 66.1 cm³/mol. The van der Waals surface area contributed by atoms with E-state index in [0.29, 0.717) is 11.1 Å². The Bertz CT molecular complexity index is 500. The molecule has 1 aromatic rings. The smallest absolute Gasteiger partial charge is 0.338 e. The Labute approximate surface area is 106 Å². The van der Waals surface area contributed by atoms with Crippen LogP contribution in [0.4, 0.5) is 0 Å². The maximum Gasteiger partial charge on any atom is 0.338 e. The summed E-state index contributed by atoms with van der Waals surface area (Å²) in [5.74, 6) is -0.455. The molecule has 0 aliphatic rings. The quantitative estimate of drug-likeness (QED) is 0.745. The summed E-state index contributed by atoms with van der Waals surface area (Å²) in [6.45, 7) is 3.48. The summed E-state index contributed by atoms with van der Waals surface area (Å²) in [4.78, 5) is 22.9. The zero-order valence-corrected chi connectivity index (χ0v) is 10.5. The summed E-state index contributed by atoms with van der Waals surface area (Å²) in [5.41, 5.74) is 1.68. The van der Waals surface area contributed by atoms with Gasteiger partial charge in [0.15, 0.2) is 0 Å². The Kier molecular flexibility index (Phi) is 5.06. The van der Waals surface area contributed by atoms with E-state index < -0.39 is 5.97 Å². The molecule has 18 heavy (non-hydrogen) atoms. The first kappa shape index (κ1) is 13.9. The van der Waals surface area contributed by atoms with Crippen LogP contribution in [0.5, 0.6) is 0 Å². The van der Waals surface area contributed by atoms with E-state index in [1.165, 1.54) is 6.92 Å². The van der Waals surface area contributed by atoms with Gasteiger partial charge in [0.05, 0.1) is 24.7 Å². The van der Waals surface area contributed by atoms with E-state index in [0.717, 1.165) is 5.56 Å². The van der Waals surface area contributed by atoms with Gasteiger partial charge in [-0.05, 0) is 31.0 Å². The van der Waals surface area contributed by atoms with Crippen molar-refractivity contribution in [3.05, 3.63) is 34.9 Å². The number of hydrogen-bond acceptors (Lipinski definition) is 4. The van der Waals surface area contributed by atoms with Gasteiger partial charge in [0.25, 0.3) is 0 Å². The molecule has 94 valence electrons. The highest BCUT2D eigenvalue weighted by atomic mass is 16.5. The van der Waals surface area contributed by atoms with Gasteiger partial charge in [0.1, 0.15) is 5.78 Å². The van der Waals surface area contributed by atoms with Crippen molar-refractivity contribution in [2.45, 2.75) is 26.7 Å². The highest BCUT2D eigenvalue weighted by molar-refractivity contribution is 5.92. The van der Waals surface area contributed by atoms with Crippen LogP contribution in [0, 0.1) is 11.3 Å². The van der Waals surface area contributed by atoms with E-state index in [1.54, 1.807) is 25.1 Å². The molecular formula is C14H15NO3. The summed E-state index contributed by atoms with van der Waals surface area (Å²) in [6.07, 6.45) is 0.321. The topological polar surface area (TPSA) is 67.2 Å². The molecule has 4 heteroatoms. The van der Waals surface area contributed by atoms with Crippen LogP contribution in [0.2, 0.25) is 0 Å². The van der Waals surface area contributed by atoms with Crippen molar-refractivity contribution in [2.75, 3.05) is 6.61 Å². The third-order valence-corrected chi connectivity index (χ3v) is 2.46. The summed E-state index contributed by atoms with van der Waals surface area (Å²) in [7, 11) is 0. The molecule has 0 aliphatic heterocycles. The molecule has 4 nitrogen and oxygen atoms in total. The van der Waals surface area contributed by atoms with E-state index >= 15 is 0 Å². The van der Waals surface area contributed by atoms with Crippen LogP contribution in [-0.4, -0.2) is 18.4 Å². The number of nitrogens with zero attached hydrogens (tertiary/aromatic N) is 1. The lowest BCUT2D eigenvalue weighted by atomic mass is 9.95. The number of nitriles is 1. The fourth-order valence-corrected chi connectivity index (χ4v) is 1.76. The number of hydrogen-bond donors (Lipinski definition) is 0. The first-order chi connectivity index (χ1) is 8.60. The van der Waals surface area contributed by atoms with Gasteiger partial charge in [0, 0.05) is 6.42 Å². The number of benzene rings is 1. The van der Waals surface area contributed by atoms with Crippen molar-refractivity contribution < 1.29 is 14.3 Å². The van der Waals surface area contributed by atoms with Gasteiger partial charge >= 0.3 is 5.97 Å². The van der Waals surface area contributed by atoms with Gasteiger partial charge in [0.2, 0.25) is 0 Å². The van der Waals surface area contributed by atoms with Crippen molar-refractivity contribution in [3.8, 4) is 6.07 Å². The van der Waals surface area contributed by atoms with Gasteiger partial charge in [-0.2, -0.15) is 5.26 Å². The maximum absolute atomic E-state index is 11.8. The molecule has 0 spiro atoms. The highest BCUT2D eigenvalue weighted by Gasteiger charge is 2.16. The molecular weight excluding hydrogens is 230 g/mol. The minimum absolute atomic E-state index is 0.00445. The van der Waals surface area contributed by atoms with Crippen LogP contribution in [-0.2, 0) is 22.4 Å². The largest absolute Gasteiger partial charge is 0.462 e. The molecule has 0 bridgehead atoms. The minimum Gasteiger partial charge on any atom is -0.462 e. The standard InChI is InChI=1S/C14H15NO3/c1-3-18-14(17)13-6-4-5-11(9-10(2)16)12(13)7-8-15/h4-6H,3,7,9H2,1-2H3. The normalized spacial score (nSPS) is 9.61. The lowest BCUT2D eigenvalue weighted by Gasteiger charge is -2.10. The summed E-state index contributed by atoms with van der Waals surface area (Å²) in [5, 5.41) is 8.83. The molecule has 0 fully saturated rings. The Morgan fingerprint density at radius 2 is 2.11 bits per heavy atom. The SMILES string of the molecule is CCOC(=O)c1cccc(CC(C)=O)c1CC#N. The zero-order valence-electron chi connectivity index (χ0n) is 10.5. The third-order valence-electron chi connectivity index (χ3n) is 2.46. The van der Waals surface area contributed by atoms with E-state index in [-0.39, 0.29) is 25.2 Å². The van der Waals surface area contributed by atoms with Crippen LogP contribution in [0.25, 0.3) is 0 Å². The molecule has 0 atom stereocenters. The summed E-state index contributed by atoms with van der Waals surface area (Å²) >= 11 is 0. The number of carbonyl (C=O) groups is 2. The second-order valence-corrected chi connectivity index (χ2v) is 3.88. The Balaban J connectivity index is 3.21.